The number of carbonyl (C=O) groups is 1. The van der Waals surface area contributed by atoms with Gasteiger partial charge in [-0.1, -0.05) is 0 Å². The summed E-state index contributed by atoms with van der Waals surface area (Å²) in [6, 6.07) is 5.39. The van der Waals surface area contributed by atoms with E-state index in [4.69, 9.17) is 14.2 Å². The van der Waals surface area contributed by atoms with Gasteiger partial charge in [0.05, 0.1) is 27.4 Å². The molecule has 128 valence electrons. The first-order valence-corrected chi connectivity index (χ1v) is 7.10. The Morgan fingerprint density at radius 1 is 1.13 bits per heavy atom. The van der Waals surface area contributed by atoms with Crippen molar-refractivity contribution in [3.05, 3.63) is 18.2 Å². The second-order valence-corrected chi connectivity index (χ2v) is 4.46. The van der Waals surface area contributed by atoms with E-state index in [9.17, 15) is 4.79 Å². The van der Waals surface area contributed by atoms with Crippen LogP contribution in [0.2, 0.25) is 0 Å². The van der Waals surface area contributed by atoms with E-state index in [1.54, 1.807) is 40.5 Å². The van der Waals surface area contributed by atoms with Crippen LogP contribution in [0, 0.1) is 0 Å². The van der Waals surface area contributed by atoms with Gasteiger partial charge in [-0.3, -0.25) is 9.79 Å². The number of ether oxygens (including phenoxy) is 3. The minimum atomic E-state index is -0.141. The quantitative estimate of drug-likeness (QED) is 0.365. The number of hydrogen-bond donors (Lipinski definition) is 3. The fourth-order valence-electron chi connectivity index (χ4n) is 1.75. The molecule has 8 nitrogen and oxygen atoms in total. The number of guanidine groups is 1. The van der Waals surface area contributed by atoms with Gasteiger partial charge >= 0.3 is 0 Å². The summed E-state index contributed by atoms with van der Waals surface area (Å²) in [5.41, 5.74) is 0.760. The molecule has 0 radical (unpaired) electrons. The molecule has 0 fully saturated rings. The summed E-state index contributed by atoms with van der Waals surface area (Å²) in [6.45, 7) is 1.06. The average molecular weight is 324 g/mol. The number of anilines is 1. The van der Waals surface area contributed by atoms with Crippen LogP contribution < -0.4 is 25.4 Å². The van der Waals surface area contributed by atoms with Crippen LogP contribution in [-0.2, 0) is 9.53 Å². The monoisotopic (exact) mass is 324 g/mol. The highest BCUT2D eigenvalue weighted by Crippen LogP contribution is 2.29. The van der Waals surface area contributed by atoms with Crippen LogP contribution in [-0.4, -0.2) is 59.9 Å². The van der Waals surface area contributed by atoms with Gasteiger partial charge in [-0.2, -0.15) is 0 Å². The Morgan fingerprint density at radius 2 is 1.87 bits per heavy atom. The zero-order valence-electron chi connectivity index (χ0n) is 13.9. The summed E-state index contributed by atoms with van der Waals surface area (Å²) >= 11 is 0. The lowest BCUT2D eigenvalue weighted by molar-refractivity contribution is -0.120. The molecule has 1 aromatic rings. The van der Waals surface area contributed by atoms with Crippen molar-refractivity contribution in [1.29, 1.82) is 0 Å². The summed E-state index contributed by atoms with van der Waals surface area (Å²) in [5, 5.41) is 8.72. The third-order valence-electron chi connectivity index (χ3n) is 2.91. The van der Waals surface area contributed by atoms with E-state index in [1.165, 1.54) is 0 Å². The van der Waals surface area contributed by atoms with Gasteiger partial charge < -0.3 is 30.2 Å². The number of aliphatic imine (C=N–C) groups is 1. The van der Waals surface area contributed by atoms with Gasteiger partial charge in [0.1, 0.15) is 0 Å². The van der Waals surface area contributed by atoms with Crippen LogP contribution in [0.1, 0.15) is 0 Å². The molecule has 0 saturated carbocycles. The van der Waals surface area contributed by atoms with E-state index in [-0.39, 0.29) is 12.5 Å². The molecule has 1 rings (SSSR count). The van der Waals surface area contributed by atoms with Gasteiger partial charge in [0.25, 0.3) is 0 Å². The lowest BCUT2D eigenvalue weighted by Crippen LogP contribution is -2.40. The minimum Gasteiger partial charge on any atom is -0.493 e. The number of rotatable bonds is 8. The van der Waals surface area contributed by atoms with E-state index in [2.05, 4.69) is 20.9 Å². The molecule has 0 aliphatic rings. The molecule has 0 aromatic heterocycles. The number of hydrogen-bond acceptors (Lipinski definition) is 5. The Morgan fingerprint density at radius 3 is 2.48 bits per heavy atom. The maximum atomic E-state index is 11.6. The number of nitrogens with one attached hydrogen (secondary N) is 3. The summed E-state index contributed by atoms with van der Waals surface area (Å²) in [7, 11) is 6.35. The Labute approximate surface area is 136 Å². The maximum Gasteiger partial charge on any atom is 0.239 e. The molecular weight excluding hydrogens is 300 g/mol. The molecule has 0 bridgehead atoms. The predicted molar refractivity (Wildman–Crippen MR) is 89.4 cm³/mol. The molecule has 1 aromatic carbocycles. The summed E-state index contributed by atoms with van der Waals surface area (Å²) in [4.78, 5) is 15.7. The van der Waals surface area contributed by atoms with Crippen molar-refractivity contribution >= 4 is 17.6 Å². The molecule has 0 aliphatic heterocycles. The van der Waals surface area contributed by atoms with Crippen molar-refractivity contribution in [2.24, 2.45) is 4.99 Å². The molecule has 3 N–H and O–H groups in total. The first-order chi connectivity index (χ1) is 11.1. The molecule has 23 heavy (non-hydrogen) atoms. The highest BCUT2D eigenvalue weighted by atomic mass is 16.5. The third-order valence-corrected chi connectivity index (χ3v) is 2.91. The maximum absolute atomic E-state index is 11.6. The second-order valence-electron chi connectivity index (χ2n) is 4.46. The number of methoxy groups -OCH3 is 3. The van der Waals surface area contributed by atoms with Crippen LogP contribution in [0.5, 0.6) is 11.5 Å². The van der Waals surface area contributed by atoms with Gasteiger partial charge in [0.2, 0.25) is 5.91 Å². The first-order valence-electron chi connectivity index (χ1n) is 7.10. The normalized spacial score (nSPS) is 10.9. The van der Waals surface area contributed by atoms with Crippen molar-refractivity contribution < 1.29 is 19.0 Å². The van der Waals surface area contributed by atoms with Crippen LogP contribution in [0.25, 0.3) is 0 Å². The van der Waals surface area contributed by atoms with Gasteiger partial charge in [-0.15, -0.1) is 0 Å². The predicted octanol–water partition coefficient (Wildman–Crippen LogP) is 0.454. The van der Waals surface area contributed by atoms with Gasteiger partial charge in [0, 0.05) is 32.5 Å². The van der Waals surface area contributed by atoms with Crippen molar-refractivity contribution in [2.75, 3.05) is 53.4 Å². The Hall–Kier alpha value is -2.48. The van der Waals surface area contributed by atoms with Crippen molar-refractivity contribution in [2.45, 2.75) is 0 Å². The lowest BCUT2D eigenvalue weighted by atomic mass is 10.3. The first kappa shape index (κ1) is 18.6. The topological polar surface area (TPSA) is 93.2 Å². The van der Waals surface area contributed by atoms with Crippen molar-refractivity contribution in [1.82, 2.24) is 10.6 Å². The lowest BCUT2D eigenvalue weighted by Gasteiger charge is -2.14. The molecule has 1 amide bonds. The fourth-order valence-corrected chi connectivity index (χ4v) is 1.75. The number of amides is 1. The summed E-state index contributed by atoms with van der Waals surface area (Å²) < 4.78 is 15.3. The van der Waals surface area contributed by atoms with Crippen LogP contribution in [0.15, 0.2) is 23.2 Å². The second kappa shape index (κ2) is 10.3. The van der Waals surface area contributed by atoms with Crippen molar-refractivity contribution in [3.63, 3.8) is 0 Å². The molecule has 0 unspecified atom stereocenters. The number of nitrogens with zero attached hydrogens (tertiary/aromatic N) is 1. The molecule has 0 heterocycles. The SMILES string of the molecule is CN=C(NCC(=O)NCCOC)Nc1ccc(OC)c(OC)c1. The minimum absolute atomic E-state index is 0.108. The van der Waals surface area contributed by atoms with Crippen LogP contribution in [0.3, 0.4) is 0 Å². The van der Waals surface area contributed by atoms with E-state index < -0.39 is 0 Å². The van der Waals surface area contributed by atoms with Crippen LogP contribution in [0.4, 0.5) is 5.69 Å². The van der Waals surface area contributed by atoms with Crippen molar-refractivity contribution in [3.8, 4) is 11.5 Å². The standard InChI is InChI=1S/C15H24N4O4/c1-16-15(18-10-14(20)17-7-8-21-2)19-11-5-6-12(22-3)13(9-11)23-4/h5-6,9H,7-8,10H2,1-4H3,(H,17,20)(H2,16,18,19). The van der Waals surface area contributed by atoms with Gasteiger partial charge in [0.15, 0.2) is 17.5 Å². The highest BCUT2D eigenvalue weighted by molar-refractivity contribution is 5.96. The molecule has 8 heteroatoms. The van der Waals surface area contributed by atoms with E-state index in [0.717, 1.165) is 5.69 Å². The fraction of sp³-hybridized carbons (Fsp3) is 0.467. The van der Waals surface area contributed by atoms with Crippen LogP contribution >= 0.6 is 0 Å². The molecular formula is C15H24N4O4. The van der Waals surface area contributed by atoms with E-state index >= 15 is 0 Å². The Bertz CT molecular complexity index is 534. The molecule has 0 saturated heterocycles. The Kier molecular flexibility index (Phi) is 8.30. The zero-order valence-corrected chi connectivity index (χ0v) is 13.9. The van der Waals surface area contributed by atoms with Gasteiger partial charge in [-0.05, 0) is 12.1 Å². The number of carbonyl (C=O) groups excluding carboxylic acids is 1. The summed E-state index contributed by atoms with van der Waals surface area (Å²) in [5.74, 6) is 1.57. The molecule has 0 aliphatic carbocycles. The molecule has 0 spiro atoms. The molecule has 0 atom stereocenters. The largest absolute Gasteiger partial charge is 0.493 e. The van der Waals surface area contributed by atoms with Gasteiger partial charge in [-0.25, -0.2) is 0 Å². The average Bonchev–Trinajstić information content (AvgIpc) is 2.58. The zero-order chi connectivity index (χ0) is 17.1. The smallest absolute Gasteiger partial charge is 0.239 e. The van der Waals surface area contributed by atoms with E-state index in [1.807, 2.05) is 6.07 Å². The van der Waals surface area contributed by atoms with E-state index in [0.29, 0.717) is 30.6 Å². The third kappa shape index (κ3) is 6.43. The number of benzene rings is 1. The summed E-state index contributed by atoms with van der Waals surface area (Å²) in [6.07, 6.45) is 0. The highest BCUT2D eigenvalue weighted by Gasteiger charge is 2.07. The Balaban J connectivity index is 2.55.